The molecule has 1 aromatic rings. The van der Waals surface area contributed by atoms with Gasteiger partial charge in [-0.05, 0) is 5.75 Å². The molecule has 0 saturated carbocycles. The highest BCUT2D eigenvalue weighted by Crippen LogP contribution is 2.08. The summed E-state index contributed by atoms with van der Waals surface area (Å²) in [5.74, 6) is 2.16. The monoisotopic (exact) mass is 157 g/mol. The van der Waals surface area contributed by atoms with Gasteiger partial charge in [0, 0.05) is 12.8 Å². The third kappa shape index (κ3) is 1.73. The summed E-state index contributed by atoms with van der Waals surface area (Å²) in [5.41, 5.74) is 1.19. The quantitative estimate of drug-likeness (QED) is 0.657. The second-order valence-electron chi connectivity index (χ2n) is 1.99. The number of thioether (sulfide) groups is 1. The van der Waals surface area contributed by atoms with Crippen molar-refractivity contribution < 1.29 is 0 Å². The van der Waals surface area contributed by atoms with Gasteiger partial charge in [-0.1, -0.05) is 12.1 Å². The summed E-state index contributed by atoms with van der Waals surface area (Å²) in [6.45, 7) is 2.15. The Bertz CT molecular complexity index is 197. The van der Waals surface area contributed by atoms with E-state index in [0.717, 1.165) is 11.5 Å². The van der Waals surface area contributed by atoms with Crippen molar-refractivity contribution in [2.75, 3.05) is 5.75 Å². The van der Waals surface area contributed by atoms with Gasteiger partial charge >= 0.3 is 0 Å². The molecule has 4 heteroatoms. The average molecular weight is 157 g/mol. The molecule has 0 spiro atoms. The normalized spacial score (nSPS) is 10.2. The van der Waals surface area contributed by atoms with Gasteiger partial charge in [-0.3, -0.25) is 4.68 Å². The smallest absolute Gasteiger partial charge is 0.0733 e. The topological polar surface area (TPSA) is 30.7 Å². The number of aromatic nitrogens is 3. The summed E-state index contributed by atoms with van der Waals surface area (Å²) in [7, 11) is 1.92. The Morgan fingerprint density at radius 3 is 3.00 bits per heavy atom. The van der Waals surface area contributed by atoms with E-state index in [-0.39, 0.29) is 0 Å². The fourth-order valence-electron chi connectivity index (χ4n) is 0.648. The molecule has 0 fully saturated rings. The Balaban J connectivity index is 2.49. The lowest BCUT2D eigenvalue weighted by atomic mass is 10.5. The van der Waals surface area contributed by atoms with Crippen molar-refractivity contribution in [1.82, 2.24) is 15.0 Å². The molecule has 0 aliphatic rings. The summed E-state index contributed by atoms with van der Waals surface area (Å²) in [6, 6.07) is 0. The molecule has 10 heavy (non-hydrogen) atoms. The first kappa shape index (κ1) is 7.60. The largest absolute Gasteiger partial charge is 0.252 e. The molecule has 3 nitrogen and oxygen atoms in total. The van der Waals surface area contributed by atoms with E-state index in [4.69, 9.17) is 0 Å². The molecule has 0 aliphatic carbocycles. The highest BCUT2D eigenvalue weighted by Gasteiger charge is 1.96. The van der Waals surface area contributed by atoms with Crippen molar-refractivity contribution in [3.05, 3.63) is 11.9 Å². The summed E-state index contributed by atoms with van der Waals surface area (Å²) in [6.07, 6.45) is 1.81. The maximum atomic E-state index is 3.82. The minimum absolute atomic E-state index is 1.01. The van der Waals surface area contributed by atoms with Crippen LogP contribution in [0.15, 0.2) is 6.20 Å². The molecule has 0 amide bonds. The minimum Gasteiger partial charge on any atom is -0.252 e. The lowest BCUT2D eigenvalue weighted by Gasteiger charge is -1.96. The summed E-state index contributed by atoms with van der Waals surface area (Å²) < 4.78 is 1.81. The molecular formula is C6H11N3S. The minimum atomic E-state index is 1.01. The molecule has 0 unspecified atom stereocenters. The highest BCUT2D eigenvalue weighted by molar-refractivity contribution is 7.98. The van der Waals surface area contributed by atoms with Crippen molar-refractivity contribution in [3.8, 4) is 0 Å². The molecular weight excluding hydrogens is 146 g/mol. The predicted molar refractivity (Wildman–Crippen MR) is 42.8 cm³/mol. The SMILES string of the molecule is CCSCc1cnnn1C. The van der Waals surface area contributed by atoms with Crippen LogP contribution in [0.2, 0.25) is 0 Å². The van der Waals surface area contributed by atoms with Crippen LogP contribution in [0, 0.1) is 0 Å². The van der Waals surface area contributed by atoms with E-state index in [1.807, 2.05) is 29.7 Å². The molecule has 0 N–H and O–H groups in total. The van der Waals surface area contributed by atoms with E-state index >= 15 is 0 Å². The Morgan fingerprint density at radius 1 is 1.70 bits per heavy atom. The summed E-state index contributed by atoms with van der Waals surface area (Å²) in [5, 5.41) is 7.60. The zero-order chi connectivity index (χ0) is 7.40. The van der Waals surface area contributed by atoms with Crippen LogP contribution in [0.5, 0.6) is 0 Å². The maximum Gasteiger partial charge on any atom is 0.0733 e. The van der Waals surface area contributed by atoms with Crippen LogP contribution in [-0.4, -0.2) is 20.7 Å². The Labute approximate surface area is 64.8 Å². The van der Waals surface area contributed by atoms with Gasteiger partial charge in [-0.25, -0.2) is 0 Å². The van der Waals surface area contributed by atoms with E-state index in [1.165, 1.54) is 5.69 Å². The molecule has 1 aromatic heterocycles. The molecule has 0 radical (unpaired) electrons. The van der Waals surface area contributed by atoms with Gasteiger partial charge < -0.3 is 0 Å². The molecule has 0 aliphatic heterocycles. The average Bonchev–Trinajstić information content (AvgIpc) is 2.31. The van der Waals surface area contributed by atoms with Crippen molar-refractivity contribution in [1.29, 1.82) is 0 Å². The zero-order valence-electron chi connectivity index (χ0n) is 6.24. The first-order chi connectivity index (χ1) is 4.84. The van der Waals surface area contributed by atoms with Crippen LogP contribution in [0.25, 0.3) is 0 Å². The lowest BCUT2D eigenvalue weighted by Crippen LogP contribution is -1.96. The van der Waals surface area contributed by atoms with Crippen molar-refractivity contribution in [2.45, 2.75) is 12.7 Å². The van der Waals surface area contributed by atoms with Gasteiger partial charge in [-0.2, -0.15) is 11.8 Å². The second kappa shape index (κ2) is 3.61. The molecule has 1 rings (SSSR count). The highest BCUT2D eigenvalue weighted by atomic mass is 32.2. The Hall–Kier alpha value is -0.510. The van der Waals surface area contributed by atoms with Crippen LogP contribution < -0.4 is 0 Å². The summed E-state index contributed by atoms with van der Waals surface area (Å²) in [4.78, 5) is 0. The number of hydrogen-bond acceptors (Lipinski definition) is 3. The van der Waals surface area contributed by atoms with E-state index < -0.39 is 0 Å². The van der Waals surface area contributed by atoms with Crippen LogP contribution >= 0.6 is 11.8 Å². The fourth-order valence-corrected chi connectivity index (χ4v) is 1.32. The van der Waals surface area contributed by atoms with Crippen molar-refractivity contribution >= 4 is 11.8 Å². The van der Waals surface area contributed by atoms with Gasteiger partial charge in [0.25, 0.3) is 0 Å². The van der Waals surface area contributed by atoms with Gasteiger partial charge in [0.1, 0.15) is 0 Å². The van der Waals surface area contributed by atoms with Crippen molar-refractivity contribution in [3.63, 3.8) is 0 Å². The third-order valence-electron chi connectivity index (χ3n) is 1.26. The van der Waals surface area contributed by atoms with Crippen molar-refractivity contribution in [2.24, 2.45) is 7.05 Å². The second-order valence-corrected chi connectivity index (χ2v) is 3.26. The molecule has 0 aromatic carbocycles. The van der Waals surface area contributed by atoms with E-state index in [9.17, 15) is 0 Å². The van der Waals surface area contributed by atoms with E-state index in [0.29, 0.717) is 0 Å². The van der Waals surface area contributed by atoms with Gasteiger partial charge in [0.05, 0.1) is 11.9 Å². The van der Waals surface area contributed by atoms with E-state index in [2.05, 4.69) is 17.2 Å². The van der Waals surface area contributed by atoms with Crippen LogP contribution in [0.4, 0.5) is 0 Å². The molecule has 1 heterocycles. The fraction of sp³-hybridized carbons (Fsp3) is 0.667. The predicted octanol–water partition coefficient (Wildman–Crippen LogP) is 1.07. The summed E-state index contributed by atoms with van der Waals surface area (Å²) >= 11 is 1.88. The first-order valence-corrected chi connectivity index (χ1v) is 4.41. The van der Waals surface area contributed by atoms with Crippen LogP contribution in [-0.2, 0) is 12.8 Å². The van der Waals surface area contributed by atoms with Gasteiger partial charge in [0.15, 0.2) is 0 Å². The third-order valence-corrected chi connectivity index (χ3v) is 2.17. The van der Waals surface area contributed by atoms with E-state index in [1.54, 1.807) is 0 Å². The van der Waals surface area contributed by atoms with Crippen LogP contribution in [0.3, 0.4) is 0 Å². The molecule has 0 atom stereocenters. The maximum absolute atomic E-state index is 3.82. The van der Waals surface area contributed by atoms with Crippen LogP contribution in [0.1, 0.15) is 12.6 Å². The van der Waals surface area contributed by atoms with Gasteiger partial charge in [-0.15, -0.1) is 5.10 Å². The number of nitrogens with zero attached hydrogens (tertiary/aromatic N) is 3. The number of rotatable bonds is 3. The number of aryl methyl sites for hydroxylation is 1. The number of hydrogen-bond donors (Lipinski definition) is 0. The zero-order valence-corrected chi connectivity index (χ0v) is 7.06. The van der Waals surface area contributed by atoms with Gasteiger partial charge in [0.2, 0.25) is 0 Å². The lowest BCUT2D eigenvalue weighted by molar-refractivity contribution is 0.694. The molecule has 56 valence electrons. The Morgan fingerprint density at radius 2 is 2.50 bits per heavy atom. The molecule has 0 saturated heterocycles. The molecule has 0 bridgehead atoms. The Kier molecular flexibility index (Phi) is 2.74. The first-order valence-electron chi connectivity index (χ1n) is 3.26. The standard InChI is InChI=1S/C6H11N3S/c1-3-10-5-6-4-7-8-9(6)2/h4H,3,5H2,1-2H3.